The van der Waals surface area contributed by atoms with E-state index in [1.165, 1.54) is 25.1 Å². The summed E-state index contributed by atoms with van der Waals surface area (Å²) in [7, 11) is 0. The molecule has 29 heavy (non-hydrogen) atoms. The van der Waals surface area contributed by atoms with E-state index in [1.807, 2.05) is 18.2 Å². The Balaban J connectivity index is 1.37. The second-order valence-electron chi connectivity index (χ2n) is 8.16. The van der Waals surface area contributed by atoms with E-state index in [9.17, 15) is 4.79 Å². The number of aryl methyl sites for hydroxylation is 1. The van der Waals surface area contributed by atoms with Crippen molar-refractivity contribution in [1.29, 1.82) is 0 Å². The van der Waals surface area contributed by atoms with Crippen LogP contribution in [-0.4, -0.2) is 53.0 Å². The van der Waals surface area contributed by atoms with E-state index in [1.54, 1.807) is 0 Å². The number of para-hydroxylation sites is 1. The fourth-order valence-electron chi connectivity index (χ4n) is 4.63. The van der Waals surface area contributed by atoms with E-state index in [-0.39, 0.29) is 5.78 Å². The lowest BCUT2D eigenvalue weighted by atomic mass is 10.0. The molecule has 0 spiro atoms. The maximum absolute atomic E-state index is 12.3. The molecule has 5 heteroatoms. The van der Waals surface area contributed by atoms with Gasteiger partial charge in [-0.2, -0.15) is 0 Å². The van der Waals surface area contributed by atoms with Crippen molar-refractivity contribution in [2.24, 2.45) is 0 Å². The topological polar surface area (TPSA) is 41.4 Å². The van der Waals surface area contributed by atoms with Gasteiger partial charge in [0.15, 0.2) is 5.78 Å². The van der Waals surface area contributed by atoms with Gasteiger partial charge in [0.1, 0.15) is 5.82 Å². The Hall–Kier alpha value is -2.66. The number of anilines is 1. The highest BCUT2D eigenvalue weighted by Crippen LogP contribution is 2.32. The van der Waals surface area contributed by atoms with Gasteiger partial charge in [0.25, 0.3) is 0 Å². The lowest BCUT2D eigenvalue weighted by Crippen LogP contribution is -2.46. The summed E-state index contributed by atoms with van der Waals surface area (Å²) in [6, 6.07) is 14.7. The molecule has 2 aliphatic heterocycles. The summed E-state index contributed by atoms with van der Waals surface area (Å²) in [5.41, 5.74) is 5.12. The summed E-state index contributed by atoms with van der Waals surface area (Å²) in [6.45, 7) is 8.67. The number of piperazine rings is 1. The molecule has 1 fully saturated rings. The molecule has 5 rings (SSSR count). The number of imidazole rings is 1. The fraction of sp³-hybridized carbons (Fsp3) is 0.417. The number of hydrogen-bond donors (Lipinski definition) is 0. The summed E-state index contributed by atoms with van der Waals surface area (Å²) >= 11 is 0. The zero-order chi connectivity index (χ0) is 19.8. The molecule has 2 aliphatic rings. The Kier molecular flexibility index (Phi) is 4.84. The minimum absolute atomic E-state index is 0.225. The second kappa shape index (κ2) is 7.64. The highest BCUT2D eigenvalue weighted by Gasteiger charge is 2.23. The number of unbranched alkanes of at least 4 members (excludes halogenated alkanes) is 1. The monoisotopic (exact) mass is 388 g/mol. The predicted molar refractivity (Wildman–Crippen MR) is 118 cm³/mol. The summed E-state index contributed by atoms with van der Waals surface area (Å²) in [4.78, 5) is 22.2. The number of aromatic nitrogens is 2. The SMILES string of the molecule is CCCCN1CCN(c2ccc(-c3nc4cccc5c4n3CCC5=O)cc2)CC1. The standard InChI is InChI=1S/C24H28N4O/c1-2-3-12-26-14-16-27(17-15-26)19-9-7-18(8-10-19)24-25-21-6-4-5-20-22(29)11-13-28(24)23(20)21/h4-10H,2-3,11-17H2,1H3. The number of hydrogen-bond acceptors (Lipinski definition) is 4. The van der Waals surface area contributed by atoms with Crippen molar-refractivity contribution in [2.45, 2.75) is 32.7 Å². The quantitative estimate of drug-likeness (QED) is 0.656. The molecule has 0 N–H and O–H groups in total. The normalized spacial score (nSPS) is 17.3. The average molecular weight is 389 g/mol. The van der Waals surface area contributed by atoms with Crippen molar-refractivity contribution in [3.05, 3.63) is 48.0 Å². The lowest BCUT2D eigenvalue weighted by Gasteiger charge is -2.36. The number of carbonyl (C=O) groups is 1. The zero-order valence-electron chi connectivity index (χ0n) is 17.1. The van der Waals surface area contributed by atoms with Crippen LogP contribution in [0.15, 0.2) is 42.5 Å². The third kappa shape index (κ3) is 3.33. The lowest BCUT2D eigenvalue weighted by molar-refractivity contribution is 0.0973. The summed E-state index contributed by atoms with van der Waals surface area (Å²) < 4.78 is 2.22. The largest absolute Gasteiger partial charge is 0.369 e. The smallest absolute Gasteiger partial charge is 0.166 e. The molecule has 1 aromatic heterocycles. The van der Waals surface area contributed by atoms with Gasteiger partial charge in [-0.05, 0) is 49.4 Å². The second-order valence-corrected chi connectivity index (χ2v) is 8.16. The first kappa shape index (κ1) is 18.4. The number of nitrogens with zero attached hydrogens (tertiary/aromatic N) is 4. The number of rotatable bonds is 5. The first-order chi connectivity index (χ1) is 14.2. The van der Waals surface area contributed by atoms with Crippen molar-refractivity contribution in [3.8, 4) is 11.4 Å². The van der Waals surface area contributed by atoms with Gasteiger partial charge < -0.3 is 9.47 Å². The first-order valence-electron chi connectivity index (χ1n) is 10.8. The van der Waals surface area contributed by atoms with Crippen molar-refractivity contribution in [3.63, 3.8) is 0 Å². The molecule has 3 aromatic rings. The molecule has 0 unspecified atom stereocenters. The van der Waals surface area contributed by atoms with E-state index >= 15 is 0 Å². The van der Waals surface area contributed by atoms with Crippen molar-refractivity contribution in [1.82, 2.24) is 14.5 Å². The van der Waals surface area contributed by atoms with Crippen LogP contribution in [0, 0.1) is 0 Å². The van der Waals surface area contributed by atoms with Gasteiger partial charge in [0.2, 0.25) is 0 Å². The molecule has 150 valence electrons. The van der Waals surface area contributed by atoms with Gasteiger partial charge in [-0.15, -0.1) is 0 Å². The number of carbonyl (C=O) groups excluding carboxylic acids is 1. The van der Waals surface area contributed by atoms with Crippen molar-refractivity contribution >= 4 is 22.5 Å². The summed E-state index contributed by atoms with van der Waals surface area (Å²) in [5.74, 6) is 1.19. The van der Waals surface area contributed by atoms with Crippen LogP contribution in [0.2, 0.25) is 0 Å². The van der Waals surface area contributed by atoms with Crippen LogP contribution in [0.3, 0.4) is 0 Å². The van der Waals surface area contributed by atoms with Crippen LogP contribution < -0.4 is 4.90 Å². The van der Waals surface area contributed by atoms with Gasteiger partial charge in [-0.3, -0.25) is 9.69 Å². The molecular weight excluding hydrogens is 360 g/mol. The minimum atomic E-state index is 0.225. The van der Waals surface area contributed by atoms with E-state index in [0.717, 1.165) is 54.2 Å². The van der Waals surface area contributed by atoms with E-state index < -0.39 is 0 Å². The molecule has 3 heterocycles. The highest BCUT2D eigenvalue weighted by atomic mass is 16.1. The van der Waals surface area contributed by atoms with Gasteiger partial charge in [0.05, 0.1) is 11.0 Å². The number of ketones is 1. The molecule has 0 saturated carbocycles. The molecule has 0 amide bonds. The van der Waals surface area contributed by atoms with Crippen molar-refractivity contribution in [2.75, 3.05) is 37.6 Å². The maximum Gasteiger partial charge on any atom is 0.166 e. The Morgan fingerprint density at radius 1 is 0.966 bits per heavy atom. The summed E-state index contributed by atoms with van der Waals surface area (Å²) in [5, 5.41) is 0. The molecule has 0 radical (unpaired) electrons. The van der Waals surface area contributed by atoms with Crippen LogP contribution in [-0.2, 0) is 6.54 Å². The van der Waals surface area contributed by atoms with Gasteiger partial charge in [-0.25, -0.2) is 4.98 Å². The van der Waals surface area contributed by atoms with Gasteiger partial charge in [0, 0.05) is 56.0 Å². The molecule has 1 saturated heterocycles. The van der Waals surface area contributed by atoms with E-state index in [4.69, 9.17) is 4.98 Å². The molecule has 0 atom stereocenters. The Labute approximate surface area is 171 Å². The van der Waals surface area contributed by atoms with Crippen LogP contribution in [0.25, 0.3) is 22.4 Å². The van der Waals surface area contributed by atoms with Crippen LogP contribution in [0.1, 0.15) is 36.5 Å². The Morgan fingerprint density at radius 2 is 1.76 bits per heavy atom. The number of benzene rings is 2. The fourth-order valence-corrected chi connectivity index (χ4v) is 4.63. The Morgan fingerprint density at radius 3 is 2.52 bits per heavy atom. The van der Waals surface area contributed by atoms with Crippen LogP contribution in [0.5, 0.6) is 0 Å². The molecule has 5 nitrogen and oxygen atoms in total. The predicted octanol–water partition coefficient (Wildman–Crippen LogP) is 4.21. The molecule has 0 bridgehead atoms. The van der Waals surface area contributed by atoms with Crippen LogP contribution >= 0.6 is 0 Å². The minimum Gasteiger partial charge on any atom is -0.369 e. The van der Waals surface area contributed by atoms with E-state index in [0.29, 0.717) is 13.0 Å². The zero-order valence-corrected chi connectivity index (χ0v) is 17.1. The van der Waals surface area contributed by atoms with Gasteiger partial charge in [-0.1, -0.05) is 19.4 Å². The molecular formula is C24H28N4O. The third-order valence-corrected chi connectivity index (χ3v) is 6.32. The van der Waals surface area contributed by atoms with Gasteiger partial charge >= 0.3 is 0 Å². The average Bonchev–Trinajstić information content (AvgIpc) is 3.15. The first-order valence-corrected chi connectivity index (χ1v) is 10.8. The highest BCUT2D eigenvalue weighted by molar-refractivity contribution is 6.08. The molecule has 2 aromatic carbocycles. The Bertz CT molecular complexity index is 1030. The third-order valence-electron chi connectivity index (χ3n) is 6.32. The molecule has 0 aliphatic carbocycles. The van der Waals surface area contributed by atoms with Crippen LogP contribution in [0.4, 0.5) is 5.69 Å². The van der Waals surface area contributed by atoms with Crippen molar-refractivity contribution < 1.29 is 4.79 Å². The summed E-state index contributed by atoms with van der Waals surface area (Å²) in [6.07, 6.45) is 3.11. The maximum atomic E-state index is 12.3. The van der Waals surface area contributed by atoms with E-state index in [2.05, 4.69) is 45.6 Å². The number of Topliss-reactive ketones (excluding diaryl/α,β-unsaturated/α-hetero) is 1.